The highest BCUT2D eigenvalue weighted by atomic mass is 19.1. The van der Waals surface area contributed by atoms with Crippen molar-refractivity contribution < 1.29 is 9.13 Å². The maximum atomic E-state index is 13.3. The first kappa shape index (κ1) is 15.0. The molecule has 102 valence electrons. The second-order valence-corrected chi connectivity index (χ2v) is 4.56. The molecule has 1 rings (SSSR count). The molecule has 1 atom stereocenters. The Morgan fingerprint density at radius 3 is 2.72 bits per heavy atom. The van der Waals surface area contributed by atoms with Crippen molar-refractivity contribution >= 4 is 0 Å². The average molecular weight is 253 g/mol. The van der Waals surface area contributed by atoms with E-state index in [0.29, 0.717) is 12.4 Å². The van der Waals surface area contributed by atoms with E-state index in [0.717, 1.165) is 31.4 Å². The Morgan fingerprint density at radius 2 is 2.06 bits per heavy atom. The zero-order valence-corrected chi connectivity index (χ0v) is 11.6. The Bertz CT molecular complexity index is 354. The van der Waals surface area contributed by atoms with Crippen molar-refractivity contribution in [2.75, 3.05) is 13.2 Å². The van der Waals surface area contributed by atoms with Crippen molar-refractivity contribution in [2.24, 2.45) is 0 Å². The van der Waals surface area contributed by atoms with Gasteiger partial charge in [-0.1, -0.05) is 26.3 Å². The van der Waals surface area contributed by atoms with Crippen LogP contribution in [0.1, 0.15) is 51.6 Å². The van der Waals surface area contributed by atoms with Crippen LogP contribution in [-0.4, -0.2) is 13.2 Å². The van der Waals surface area contributed by atoms with Crippen molar-refractivity contribution in [3.63, 3.8) is 0 Å². The molecular formula is C15H24FNO. The SMILES string of the molecule is CCCCOc1cc(F)ccc1C(C)NCCC. The van der Waals surface area contributed by atoms with Gasteiger partial charge in [-0.05, 0) is 32.4 Å². The molecule has 18 heavy (non-hydrogen) atoms. The molecule has 0 saturated carbocycles. The van der Waals surface area contributed by atoms with Crippen LogP contribution in [0.5, 0.6) is 5.75 Å². The smallest absolute Gasteiger partial charge is 0.126 e. The van der Waals surface area contributed by atoms with Gasteiger partial charge in [0.2, 0.25) is 0 Å². The Balaban J connectivity index is 2.74. The summed E-state index contributed by atoms with van der Waals surface area (Å²) in [5.41, 5.74) is 1.03. The van der Waals surface area contributed by atoms with Crippen LogP contribution in [0.25, 0.3) is 0 Å². The molecule has 0 radical (unpaired) electrons. The topological polar surface area (TPSA) is 21.3 Å². The van der Waals surface area contributed by atoms with E-state index in [2.05, 4.69) is 26.1 Å². The van der Waals surface area contributed by atoms with Crippen molar-refractivity contribution in [1.29, 1.82) is 0 Å². The molecule has 0 amide bonds. The molecule has 1 N–H and O–H groups in total. The van der Waals surface area contributed by atoms with Crippen LogP contribution in [0.3, 0.4) is 0 Å². The lowest BCUT2D eigenvalue weighted by atomic mass is 10.1. The fraction of sp³-hybridized carbons (Fsp3) is 0.600. The lowest BCUT2D eigenvalue weighted by molar-refractivity contribution is 0.301. The Kier molecular flexibility index (Phi) is 6.73. The minimum absolute atomic E-state index is 0.183. The zero-order valence-electron chi connectivity index (χ0n) is 11.6. The predicted octanol–water partition coefficient (Wildman–Crippen LogP) is 4.07. The summed E-state index contributed by atoms with van der Waals surface area (Å²) in [5.74, 6) is 0.424. The number of hydrogen-bond donors (Lipinski definition) is 1. The summed E-state index contributed by atoms with van der Waals surface area (Å²) in [6.45, 7) is 7.92. The third-order valence-electron chi connectivity index (χ3n) is 2.90. The summed E-state index contributed by atoms with van der Waals surface area (Å²) in [7, 11) is 0. The fourth-order valence-electron chi connectivity index (χ4n) is 1.79. The van der Waals surface area contributed by atoms with E-state index >= 15 is 0 Å². The number of rotatable bonds is 8. The summed E-state index contributed by atoms with van der Waals surface area (Å²) in [5, 5.41) is 3.40. The second-order valence-electron chi connectivity index (χ2n) is 4.56. The standard InChI is InChI=1S/C15H24FNO/c1-4-6-10-18-15-11-13(16)7-8-14(15)12(3)17-9-5-2/h7-8,11-12,17H,4-6,9-10H2,1-3H3. The molecule has 3 heteroatoms. The molecule has 1 aromatic carbocycles. The van der Waals surface area contributed by atoms with Crippen molar-refractivity contribution in [3.8, 4) is 5.75 Å². The van der Waals surface area contributed by atoms with E-state index in [1.165, 1.54) is 12.1 Å². The van der Waals surface area contributed by atoms with Gasteiger partial charge in [0.15, 0.2) is 0 Å². The van der Waals surface area contributed by atoms with Crippen LogP contribution in [-0.2, 0) is 0 Å². The number of unbranched alkanes of at least 4 members (excludes halogenated alkanes) is 1. The molecular weight excluding hydrogens is 229 g/mol. The third kappa shape index (κ3) is 4.65. The first-order valence-electron chi connectivity index (χ1n) is 6.84. The van der Waals surface area contributed by atoms with Crippen LogP contribution >= 0.6 is 0 Å². The van der Waals surface area contributed by atoms with E-state index < -0.39 is 0 Å². The number of hydrogen-bond acceptors (Lipinski definition) is 2. The predicted molar refractivity (Wildman–Crippen MR) is 73.5 cm³/mol. The first-order chi connectivity index (χ1) is 8.69. The van der Waals surface area contributed by atoms with E-state index in [9.17, 15) is 4.39 Å². The monoisotopic (exact) mass is 253 g/mol. The van der Waals surface area contributed by atoms with Crippen molar-refractivity contribution in [1.82, 2.24) is 5.32 Å². The van der Waals surface area contributed by atoms with Gasteiger partial charge in [0.25, 0.3) is 0 Å². The van der Waals surface area contributed by atoms with E-state index in [1.807, 2.05) is 6.07 Å². The van der Waals surface area contributed by atoms with Gasteiger partial charge in [0.1, 0.15) is 11.6 Å². The molecule has 0 aromatic heterocycles. The number of ether oxygens (including phenoxy) is 1. The highest BCUT2D eigenvalue weighted by Crippen LogP contribution is 2.26. The summed E-state index contributed by atoms with van der Waals surface area (Å²) >= 11 is 0. The van der Waals surface area contributed by atoms with E-state index in [-0.39, 0.29) is 11.9 Å². The molecule has 0 aliphatic rings. The lowest BCUT2D eigenvalue weighted by Gasteiger charge is -2.18. The molecule has 0 heterocycles. The minimum atomic E-state index is -0.243. The summed E-state index contributed by atoms with van der Waals surface area (Å²) in [6.07, 6.45) is 3.15. The van der Waals surface area contributed by atoms with Crippen molar-refractivity contribution in [3.05, 3.63) is 29.6 Å². The Morgan fingerprint density at radius 1 is 1.28 bits per heavy atom. The fourth-order valence-corrected chi connectivity index (χ4v) is 1.79. The molecule has 1 unspecified atom stereocenters. The van der Waals surface area contributed by atoms with Gasteiger partial charge in [-0.3, -0.25) is 0 Å². The van der Waals surface area contributed by atoms with Crippen LogP contribution in [0.4, 0.5) is 4.39 Å². The lowest BCUT2D eigenvalue weighted by Crippen LogP contribution is -2.20. The highest BCUT2D eigenvalue weighted by Gasteiger charge is 2.12. The van der Waals surface area contributed by atoms with Gasteiger partial charge in [-0.2, -0.15) is 0 Å². The average Bonchev–Trinajstić information content (AvgIpc) is 2.36. The molecule has 0 spiro atoms. The van der Waals surface area contributed by atoms with Gasteiger partial charge < -0.3 is 10.1 Å². The normalized spacial score (nSPS) is 12.4. The molecule has 2 nitrogen and oxygen atoms in total. The Hall–Kier alpha value is -1.09. The number of halogens is 1. The molecule has 0 bridgehead atoms. The summed E-state index contributed by atoms with van der Waals surface area (Å²) in [6, 6.07) is 4.97. The van der Waals surface area contributed by atoms with Crippen LogP contribution < -0.4 is 10.1 Å². The largest absolute Gasteiger partial charge is 0.493 e. The molecule has 0 saturated heterocycles. The van der Waals surface area contributed by atoms with Gasteiger partial charge in [0, 0.05) is 17.7 Å². The Labute approximate surface area is 110 Å². The van der Waals surface area contributed by atoms with E-state index in [4.69, 9.17) is 4.74 Å². The maximum Gasteiger partial charge on any atom is 0.126 e. The summed E-state index contributed by atoms with van der Waals surface area (Å²) in [4.78, 5) is 0. The van der Waals surface area contributed by atoms with Gasteiger partial charge >= 0.3 is 0 Å². The van der Waals surface area contributed by atoms with E-state index in [1.54, 1.807) is 0 Å². The van der Waals surface area contributed by atoms with Crippen LogP contribution in [0.15, 0.2) is 18.2 Å². The van der Waals surface area contributed by atoms with Crippen LogP contribution in [0.2, 0.25) is 0 Å². The van der Waals surface area contributed by atoms with Crippen molar-refractivity contribution in [2.45, 2.75) is 46.1 Å². The minimum Gasteiger partial charge on any atom is -0.493 e. The second kappa shape index (κ2) is 8.09. The quantitative estimate of drug-likeness (QED) is 0.705. The zero-order chi connectivity index (χ0) is 13.4. The number of nitrogens with one attached hydrogen (secondary N) is 1. The molecule has 0 aliphatic heterocycles. The summed E-state index contributed by atoms with van der Waals surface area (Å²) < 4.78 is 19.0. The van der Waals surface area contributed by atoms with Gasteiger partial charge in [-0.15, -0.1) is 0 Å². The van der Waals surface area contributed by atoms with Gasteiger partial charge in [0.05, 0.1) is 6.61 Å². The molecule has 0 aliphatic carbocycles. The number of benzene rings is 1. The third-order valence-corrected chi connectivity index (χ3v) is 2.90. The first-order valence-corrected chi connectivity index (χ1v) is 6.84. The maximum absolute atomic E-state index is 13.3. The van der Waals surface area contributed by atoms with Gasteiger partial charge in [-0.25, -0.2) is 4.39 Å². The highest BCUT2D eigenvalue weighted by molar-refractivity contribution is 5.36. The molecule has 1 aromatic rings. The molecule has 0 fully saturated rings. The van der Waals surface area contributed by atoms with Crippen LogP contribution in [0, 0.1) is 5.82 Å².